The number of hydrogen-bond acceptors (Lipinski definition) is 5. The molecule has 0 amide bonds. The first-order chi connectivity index (χ1) is 13.2. The third-order valence-electron chi connectivity index (χ3n) is 4.36. The molecule has 0 saturated carbocycles. The second-order valence-corrected chi connectivity index (χ2v) is 7.77. The van der Waals surface area contributed by atoms with Crippen molar-refractivity contribution in [3.05, 3.63) is 76.5 Å². The number of anilines is 1. The standard InChI is InChI=1S/C22H22N4S/c1-26(2)15-16-8-3-4-10-18(16)22-24-20-12-6-5-11-19(20)21(25-22)23-14-17-9-7-13-27-17/h3-13H,14-15H2,1-2H3,(H,23,24,25). The number of para-hydroxylation sites is 1. The molecule has 4 aromatic rings. The second-order valence-electron chi connectivity index (χ2n) is 6.74. The van der Waals surface area contributed by atoms with Crippen molar-refractivity contribution in [2.24, 2.45) is 0 Å². The van der Waals surface area contributed by atoms with Gasteiger partial charge in [-0.3, -0.25) is 0 Å². The van der Waals surface area contributed by atoms with E-state index in [-0.39, 0.29) is 0 Å². The third kappa shape index (κ3) is 3.99. The monoisotopic (exact) mass is 374 g/mol. The fourth-order valence-corrected chi connectivity index (χ4v) is 3.78. The molecule has 0 spiro atoms. The molecule has 0 aliphatic rings. The summed E-state index contributed by atoms with van der Waals surface area (Å²) in [5.74, 6) is 1.64. The van der Waals surface area contributed by atoms with Crippen molar-refractivity contribution >= 4 is 28.1 Å². The maximum absolute atomic E-state index is 4.90. The fraction of sp³-hybridized carbons (Fsp3) is 0.182. The number of hydrogen-bond donors (Lipinski definition) is 1. The molecule has 0 atom stereocenters. The summed E-state index contributed by atoms with van der Waals surface area (Å²) in [5, 5.41) is 6.65. The largest absolute Gasteiger partial charge is 0.365 e. The van der Waals surface area contributed by atoms with Crippen LogP contribution >= 0.6 is 11.3 Å². The highest BCUT2D eigenvalue weighted by Gasteiger charge is 2.12. The topological polar surface area (TPSA) is 41.1 Å². The predicted molar refractivity (Wildman–Crippen MR) is 114 cm³/mol. The van der Waals surface area contributed by atoms with Crippen molar-refractivity contribution in [2.45, 2.75) is 13.1 Å². The summed E-state index contributed by atoms with van der Waals surface area (Å²) in [6, 6.07) is 20.7. The zero-order chi connectivity index (χ0) is 18.6. The Labute approximate surface area is 163 Å². The molecule has 0 unspecified atom stereocenters. The molecule has 0 fully saturated rings. The molecule has 2 aromatic carbocycles. The number of rotatable bonds is 6. The van der Waals surface area contributed by atoms with Crippen molar-refractivity contribution in [3.8, 4) is 11.4 Å². The van der Waals surface area contributed by atoms with Gasteiger partial charge in [-0.15, -0.1) is 11.3 Å². The Hall–Kier alpha value is -2.76. The number of thiophene rings is 1. The van der Waals surface area contributed by atoms with E-state index >= 15 is 0 Å². The van der Waals surface area contributed by atoms with E-state index in [1.54, 1.807) is 11.3 Å². The molecular formula is C22H22N4S. The van der Waals surface area contributed by atoms with E-state index in [2.05, 4.69) is 66.1 Å². The highest BCUT2D eigenvalue weighted by Crippen LogP contribution is 2.28. The quantitative estimate of drug-likeness (QED) is 0.514. The Bertz CT molecular complexity index is 1040. The molecule has 2 heterocycles. The van der Waals surface area contributed by atoms with Gasteiger partial charge in [0.25, 0.3) is 0 Å². The first-order valence-corrected chi connectivity index (χ1v) is 9.85. The molecule has 0 radical (unpaired) electrons. The van der Waals surface area contributed by atoms with Crippen LogP contribution in [0.5, 0.6) is 0 Å². The Morgan fingerprint density at radius 2 is 1.74 bits per heavy atom. The van der Waals surface area contributed by atoms with E-state index in [1.165, 1.54) is 10.4 Å². The summed E-state index contributed by atoms with van der Waals surface area (Å²) in [6.45, 7) is 1.61. The Balaban J connectivity index is 1.78. The Morgan fingerprint density at radius 3 is 2.56 bits per heavy atom. The molecule has 0 aliphatic heterocycles. The van der Waals surface area contributed by atoms with Gasteiger partial charge in [0, 0.05) is 22.4 Å². The molecular weight excluding hydrogens is 352 g/mol. The van der Waals surface area contributed by atoms with Crippen molar-refractivity contribution in [2.75, 3.05) is 19.4 Å². The molecule has 136 valence electrons. The van der Waals surface area contributed by atoms with Crippen LogP contribution in [0, 0.1) is 0 Å². The van der Waals surface area contributed by atoms with Crippen LogP contribution in [0.3, 0.4) is 0 Å². The molecule has 1 N–H and O–H groups in total. The maximum atomic E-state index is 4.90. The van der Waals surface area contributed by atoms with Gasteiger partial charge in [-0.05, 0) is 43.2 Å². The summed E-state index contributed by atoms with van der Waals surface area (Å²) < 4.78 is 0. The van der Waals surface area contributed by atoms with Crippen LogP contribution in [0.1, 0.15) is 10.4 Å². The fourth-order valence-electron chi connectivity index (χ4n) is 3.13. The third-order valence-corrected chi connectivity index (χ3v) is 5.23. The molecule has 4 nitrogen and oxygen atoms in total. The lowest BCUT2D eigenvalue weighted by atomic mass is 10.1. The summed E-state index contributed by atoms with van der Waals surface area (Å²) in [6.07, 6.45) is 0. The molecule has 4 rings (SSSR count). The predicted octanol–water partition coefficient (Wildman–Crippen LogP) is 5.03. The minimum absolute atomic E-state index is 0.761. The summed E-state index contributed by atoms with van der Waals surface area (Å²) in [7, 11) is 4.15. The number of fused-ring (bicyclic) bond motifs is 1. The number of nitrogens with zero attached hydrogens (tertiary/aromatic N) is 3. The van der Waals surface area contributed by atoms with Crippen molar-refractivity contribution in [3.63, 3.8) is 0 Å². The van der Waals surface area contributed by atoms with Crippen LogP contribution in [-0.4, -0.2) is 29.0 Å². The SMILES string of the molecule is CN(C)Cc1ccccc1-c1nc(NCc2cccs2)c2ccccc2n1. The van der Waals surface area contributed by atoms with Gasteiger partial charge in [0.05, 0.1) is 12.1 Å². The number of nitrogens with one attached hydrogen (secondary N) is 1. The maximum Gasteiger partial charge on any atom is 0.162 e. The summed E-state index contributed by atoms with van der Waals surface area (Å²) >= 11 is 1.75. The van der Waals surface area contributed by atoms with Gasteiger partial charge in [-0.2, -0.15) is 0 Å². The number of benzene rings is 2. The van der Waals surface area contributed by atoms with E-state index in [9.17, 15) is 0 Å². The smallest absolute Gasteiger partial charge is 0.162 e. The van der Waals surface area contributed by atoms with Crippen LogP contribution in [0.15, 0.2) is 66.0 Å². The van der Waals surface area contributed by atoms with Crippen molar-refractivity contribution in [1.29, 1.82) is 0 Å². The lowest BCUT2D eigenvalue weighted by Crippen LogP contribution is -2.12. The zero-order valence-electron chi connectivity index (χ0n) is 15.5. The van der Waals surface area contributed by atoms with E-state index in [4.69, 9.17) is 9.97 Å². The molecule has 5 heteroatoms. The van der Waals surface area contributed by atoms with Crippen LogP contribution in [0.25, 0.3) is 22.3 Å². The lowest BCUT2D eigenvalue weighted by molar-refractivity contribution is 0.403. The molecule has 0 saturated heterocycles. The van der Waals surface area contributed by atoms with E-state index in [0.29, 0.717) is 0 Å². The summed E-state index contributed by atoms with van der Waals surface area (Å²) in [5.41, 5.74) is 3.26. The van der Waals surface area contributed by atoms with Gasteiger partial charge in [0.15, 0.2) is 5.82 Å². The van der Waals surface area contributed by atoms with Crippen LogP contribution < -0.4 is 5.32 Å². The van der Waals surface area contributed by atoms with Gasteiger partial charge in [0.2, 0.25) is 0 Å². The van der Waals surface area contributed by atoms with Crippen molar-refractivity contribution < 1.29 is 0 Å². The van der Waals surface area contributed by atoms with E-state index < -0.39 is 0 Å². The minimum Gasteiger partial charge on any atom is -0.365 e. The molecule has 0 bridgehead atoms. The van der Waals surface area contributed by atoms with E-state index in [0.717, 1.165) is 41.2 Å². The average molecular weight is 375 g/mol. The highest BCUT2D eigenvalue weighted by atomic mass is 32.1. The van der Waals surface area contributed by atoms with E-state index in [1.807, 2.05) is 24.3 Å². The van der Waals surface area contributed by atoms with Crippen LogP contribution in [0.4, 0.5) is 5.82 Å². The van der Waals surface area contributed by atoms with Gasteiger partial charge < -0.3 is 10.2 Å². The lowest BCUT2D eigenvalue weighted by Gasteiger charge is -2.15. The normalized spacial score (nSPS) is 11.2. The van der Waals surface area contributed by atoms with Gasteiger partial charge in [0.1, 0.15) is 5.82 Å². The Morgan fingerprint density at radius 1 is 0.926 bits per heavy atom. The van der Waals surface area contributed by atoms with Crippen LogP contribution in [0.2, 0.25) is 0 Å². The molecule has 2 aromatic heterocycles. The zero-order valence-corrected chi connectivity index (χ0v) is 16.3. The van der Waals surface area contributed by atoms with Crippen molar-refractivity contribution in [1.82, 2.24) is 14.9 Å². The van der Waals surface area contributed by atoms with Gasteiger partial charge in [-0.1, -0.05) is 42.5 Å². The van der Waals surface area contributed by atoms with Gasteiger partial charge in [-0.25, -0.2) is 9.97 Å². The average Bonchev–Trinajstić information content (AvgIpc) is 3.19. The van der Waals surface area contributed by atoms with Gasteiger partial charge >= 0.3 is 0 Å². The summed E-state index contributed by atoms with van der Waals surface area (Å²) in [4.78, 5) is 13.2. The van der Waals surface area contributed by atoms with Crippen LogP contribution in [-0.2, 0) is 13.1 Å². The number of aromatic nitrogens is 2. The highest BCUT2D eigenvalue weighted by molar-refractivity contribution is 7.09. The first-order valence-electron chi connectivity index (χ1n) is 8.97. The molecule has 0 aliphatic carbocycles. The first kappa shape index (κ1) is 17.6. The molecule has 27 heavy (non-hydrogen) atoms. The second kappa shape index (κ2) is 7.86. The minimum atomic E-state index is 0.761. The Kier molecular flexibility index (Phi) is 5.14.